The van der Waals surface area contributed by atoms with Gasteiger partial charge in [0.1, 0.15) is 0 Å². The zero-order valence-electron chi connectivity index (χ0n) is 11.3. The molecular weight excluding hydrogens is 268 g/mol. The molecule has 1 saturated carbocycles. The van der Waals surface area contributed by atoms with E-state index in [1.165, 1.54) is 13.5 Å². The number of carbonyl (C=O) groups excluding carboxylic acids is 1. The number of carboxylic acids is 1. The molecule has 7 heteroatoms. The number of ether oxygens (including phenoxy) is 1. The van der Waals surface area contributed by atoms with Gasteiger partial charge >= 0.3 is 12.0 Å². The number of amides is 2. The van der Waals surface area contributed by atoms with Crippen LogP contribution in [-0.4, -0.2) is 54.4 Å². The van der Waals surface area contributed by atoms with E-state index in [0.29, 0.717) is 5.25 Å². The molecule has 0 radical (unpaired) electrons. The summed E-state index contributed by atoms with van der Waals surface area (Å²) in [4.78, 5) is 22.4. The number of methoxy groups -OCH3 is 1. The number of thioether (sulfide) groups is 1. The van der Waals surface area contributed by atoms with E-state index in [1.54, 1.807) is 0 Å². The van der Waals surface area contributed by atoms with Gasteiger partial charge in [-0.25, -0.2) is 9.59 Å². The van der Waals surface area contributed by atoms with Gasteiger partial charge in [0.05, 0.1) is 6.54 Å². The van der Waals surface area contributed by atoms with Crippen molar-refractivity contribution < 1.29 is 19.4 Å². The standard InChI is InChI=1S/C12H22N2O4S/c1-18-10(11(15)16)7-13-12(17)14-8-4-3-5-9(6-8)19-2/h8-10H,3-7H2,1-2H3,(H,15,16)(H2,13,14,17). The number of rotatable bonds is 6. The SMILES string of the molecule is COC(CNC(=O)NC1CCCC(SC)C1)C(=O)O. The molecular formula is C12H22N2O4S. The van der Waals surface area contributed by atoms with Crippen LogP contribution in [0.25, 0.3) is 0 Å². The van der Waals surface area contributed by atoms with E-state index in [9.17, 15) is 9.59 Å². The molecule has 1 aliphatic rings. The molecule has 0 saturated heterocycles. The Hall–Kier alpha value is -0.950. The summed E-state index contributed by atoms with van der Waals surface area (Å²) in [5.41, 5.74) is 0. The van der Waals surface area contributed by atoms with Crippen molar-refractivity contribution in [1.82, 2.24) is 10.6 Å². The van der Waals surface area contributed by atoms with Crippen LogP contribution in [0.5, 0.6) is 0 Å². The summed E-state index contributed by atoms with van der Waals surface area (Å²) >= 11 is 1.83. The molecule has 1 rings (SSSR count). The molecule has 0 aliphatic heterocycles. The van der Waals surface area contributed by atoms with Crippen molar-refractivity contribution in [2.24, 2.45) is 0 Å². The highest BCUT2D eigenvalue weighted by Crippen LogP contribution is 2.26. The minimum absolute atomic E-state index is 0.0314. The van der Waals surface area contributed by atoms with Gasteiger partial charge in [-0.1, -0.05) is 6.42 Å². The van der Waals surface area contributed by atoms with Gasteiger partial charge in [-0.3, -0.25) is 0 Å². The first kappa shape index (κ1) is 16.1. The summed E-state index contributed by atoms with van der Waals surface area (Å²) < 4.78 is 4.74. The van der Waals surface area contributed by atoms with Gasteiger partial charge in [0.25, 0.3) is 0 Å². The van der Waals surface area contributed by atoms with Crippen molar-refractivity contribution in [1.29, 1.82) is 0 Å². The number of nitrogens with one attached hydrogen (secondary N) is 2. The monoisotopic (exact) mass is 290 g/mol. The zero-order chi connectivity index (χ0) is 14.3. The van der Waals surface area contributed by atoms with E-state index in [0.717, 1.165) is 19.3 Å². The van der Waals surface area contributed by atoms with E-state index in [-0.39, 0.29) is 18.6 Å². The van der Waals surface area contributed by atoms with E-state index in [2.05, 4.69) is 16.9 Å². The van der Waals surface area contributed by atoms with Crippen LogP contribution in [0.4, 0.5) is 4.79 Å². The fourth-order valence-corrected chi connectivity index (χ4v) is 3.01. The highest BCUT2D eigenvalue weighted by Gasteiger charge is 2.23. The summed E-state index contributed by atoms with van der Waals surface area (Å²) in [6.45, 7) is -0.0314. The molecule has 3 N–H and O–H groups in total. The number of hydrogen-bond donors (Lipinski definition) is 3. The van der Waals surface area contributed by atoms with Gasteiger partial charge in [0.15, 0.2) is 6.10 Å². The van der Waals surface area contributed by atoms with Crippen LogP contribution in [0.1, 0.15) is 25.7 Å². The fourth-order valence-electron chi connectivity index (χ4n) is 2.18. The molecule has 19 heavy (non-hydrogen) atoms. The topological polar surface area (TPSA) is 87.7 Å². The van der Waals surface area contributed by atoms with E-state index in [1.807, 2.05) is 11.8 Å². The molecule has 110 valence electrons. The number of carbonyl (C=O) groups is 2. The Morgan fingerprint density at radius 1 is 1.47 bits per heavy atom. The molecule has 0 aromatic carbocycles. The molecule has 6 nitrogen and oxygen atoms in total. The average molecular weight is 290 g/mol. The highest BCUT2D eigenvalue weighted by molar-refractivity contribution is 7.99. The van der Waals surface area contributed by atoms with Crippen LogP contribution in [0.2, 0.25) is 0 Å². The lowest BCUT2D eigenvalue weighted by Crippen LogP contribution is -2.47. The quantitative estimate of drug-likeness (QED) is 0.681. The van der Waals surface area contributed by atoms with Crippen LogP contribution in [-0.2, 0) is 9.53 Å². The lowest BCUT2D eigenvalue weighted by molar-refractivity contribution is -0.147. The van der Waals surface area contributed by atoms with Crippen LogP contribution in [0.3, 0.4) is 0 Å². The minimum Gasteiger partial charge on any atom is -0.479 e. The minimum atomic E-state index is -1.08. The molecule has 3 unspecified atom stereocenters. The summed E-state index contributed by atoms with van der Waals surface area (Å²) in [5.74, 6) is -1.08. The van der Waals surface area contributed by atoms with Crippen LogP contribution < -0.4 is 10.6 Å². The third kappa shape index (κ3) is 5.69. The highest BCUT2D eigenvalue weighted by atomic mass is 32.2. The number of aliphatic carboxylic acids is 1. The average Bonchev–Trinajstić information content (AvgIpc) is 2.39. The zero-order valence-corrected chi connectivity index (χ0v) is 12.2. The molecule has 1 fully saturated rings. The van der Waals surface area contributed by atoms with Gasteiger partial charge in [0.2, 0.25) is 0 Å². The molecule has 2 amide bonds. The number of hydrogen-bond acceptors (Lipinski definition) is 4. The van der Waals surface area contributed by atoms with E-state index >= 15 is 0 Å². The molecule has 0 bridgehead atoms. The first-order valence-electron chi connectivity index (χ1n) is 6.39. The maximum absolute atomic E-state index is 11.7. The molecule has 0 aromatic rings. The molecule has 0 heterocycles. The molecule has 3 atom stereocenters. The number of urea groups is 1. The van der Waals surface area contributed by atoms with Gasteiger partial charge in [-0.05, 0) is 25.5 Å². The maximum atomic E-state index is 11.7. The number of carboxylic acid groups (broad SMARTS) is 1. The third-order valence-electron chi connectivity index (χ3n) is 3.30. The predicted molar refractivity (Wildman–Crippen MR) is 74.5 cm³/mol. The van der Waals surface area contributed by atoms with Crippen molar-refractivity contribution in [2.75, 3.05) is 19.9 Å². The second kappa shape index (κ2) is 8.27. The van der Waals surface area contributed by atoms with Crippen molar-refractivity contribution in [3.05, 3.63) is 0 Å². The summed E-state index contributed by atoms with van der Waals surface area (Å²) in [6, 6.07) is -0.146. The van der Waals surface area contributed by atoms with Gasteiger partial charge in [-0.15, -0.1) is 0 Å². The molecule has 1 aliphatic carbocycles. The van der Waals surface area contributed by atoms with E-state index in [4.69, 9.17) is 9.84 Å². The van der Waals surface area contributed by atoms with Crippen LogP contribution in [0, 0.1) is 0 Å². The van der Waals surface area contributed by atoms with Crippen LogP contribution >= 0.6 is 11.8 Å². The van der Waals surface area contributed by atoms with Crippen molar-refractivity contribution in [3.63, 3.8) is 0 Å². The first-order chi connectivity index (χ1) is 9.06. The van der Waals surface area contributed by atoms with Crippen molar-refractivity contribution >= 4 is 23.8 Å². The normalized spacial score (nSPS) is 24.5. The largest absolute Gasteiger partial charge is 0.479 e. The van der Waals surface area contributed by atoms with Crippen molar-refractivity contribution in [3.8, 4) is 0 Å². The smallest absolute Gasteiger partial charge is 0.334 e. The Morgan fingerprint density at radius 3 is 2.79 bits per heavy atom. The molecule has 0 aromatic heterocycles. The van der Waals surface area contributed by atoms with Crippen molar-refractivity contribution in [2.45, 2.75) is 43.1 Å². The third-order valence-corrected chi connectivity index (χ3v) is 4.40. The second-order valence-electron chi connectivity index (χ2n) is 4.64. The Kier molecular flexibility index (Phi) is 7.01. The van der Waals surface area contributed by atoms with Gasteiger partial charge in [-0.2, -0.15) is 11.8 Å². The van der Waals surface area contributed by atoms with Crippen LogP contribution in [0.15, 0.2) is 0 Å². The lowest BCUT2D eigenvalue weighted by atomic mass is 9.95. The van der Waals surface area contributed by atoms with Gasteiger partial charge < -0.3 is 20.5 Å². The lowest BCUT2D eigenvalue weighted by Gasteiger charge is -2.28. The maximum Gasteiger partial charge on any atom is 0.334 e. The Morgan fingerprint density at radius 2 is 2.21 bits per heavy atom. The summed E-state index contributed by atoms with van der Waals surface area (Å²) in [5, 5.41) is 14.8. The van der Waals surface area contributed by atoms with E-state index < -0.39 is 12.1 Å². The predicted octanol–water partition coefficient (Wildman–Crippen LogP) is 1.06. The Labute approximate surface area is 117 Å². The fraction of sp³-hybridized carbons (Fsp3) is 0.833. The summed E-state index contributed by atoms with van der Waals surface area (Å²) in [7, 11) is 1.31. The summed E-state index contributed by atoms with van der Waals surface area (Å²) in [6.07, 6.45) is 5.36. The Balaban J connectivity index is 2.28. The first-order valence-corrected chi connectivity index (χ1v) is 7.68. The molecule has 0 spiro atoms. The second-order valence-corrected chi connectivity index (χ2v) is 5.78. The van der Waals surface area contributed by atoms with Gasteiger partial charge in [0, 0.05) is 18.4 Å². The Bertz CT molecular complexity index is 314.